The van der Waals surface area contributed by atoms with Crippen LogP contribution in [0.1, 0.15) is 40.4 Å². The van der Waals surface area contributed by atoms with Gasteiger partial charge in [0.1, 0.15) is 5.75 Å². The van der Waals surface area contributed by atoms with Crippen molar-refractivity contribution >= 4 is 40.7 Å². The number of amides is 3. The molecular formula is C27H26ClN3O4. The summed E-state index contributed by atoms with van der Waals surface area (Å²) in [5.41, 5.74) is 8.45. The lowest BCUT2D eigenvalue weighted by Crippen LogP contribution is -2.47. The first-order valence-corrected chi connectivity index (χ1v) is 11.6. The number of nitrogens with one attached hydrogen (secondary N) is 1. The van der Waals surface area contributed by atoms with E-state index in [2.05, 4.69) is 5.32 Å². The standard InChI is InChI=1S/C27H26ClN3O4/c1-16-7-10-18(11-8-16)31-24(32)14-13-21(25(31)20-5-3-4-6-23(20)35-2)27(34)30-17-9-12-19(26(29)33)22(28)15-17/h3-12,15,21,25H,13-14H2,1-2H3,(H2,29,33)(H,30,34). The molecule has 0 radical (unpaired) electrons. The van der Waals surface area contributed by atoms with Crippen LogP contribution < -0.4 is 20.7 Å². The van der Waals surface area contributed by atoms with Gasteiger partial charge in [-0.05, 0) is 49.7 Å². The molecule has 1 aliphatic heterocycles. The van der Waals surface area contributed by atoms with E-state index in [9.17, 15) is 14.4 Å². The molecule has 3 aromatic rings. The zero-order chi connectivity index (χ0) is 25.1. The third-order valence-corrected chi connectivity index (χ3v) is 6.52. The van der Waals surface area contributed by atoms with Crippen LogP contribution in [-0.2, 0) is 9.59 Å². The highest BCUT2D eigenvalue weighted by Crippen LogP contribution is 2.43. The number of carbonyl (C=O) groups excluding carboxylic acids is 3. The summed E-state index contributed by atoms with van der Waals surface area (Å²) in [6.45, 7) is 1.98. The van der Waals surface area contributed by atoms with Crippen LogP contribution in [0.25, 0.3) is 0 Å². The molecule has 3 aromatic carbocycles. The first-order valence-electron chi connectivity index (χ1n) is 11.2. The Morgan fingerprint density at radius 1 is 1.09 bits per heavy atom. The molecule has 2 unspecified atom stereocenters. The number of primary amides is 1. The molecule has 7 nitrogen and oxygen atoms in total. The number of anilines is 2. The molecule has 1 saturated heterocycles. The largest absolute Gasteiger partial charge is 0.496 e. The Hall–Kier alpha value is -3.84. The maximum atomic E-state index is 13.6. The van der Waals surface area contributed by atoms with E-state index in [4.69, 9.17) is 22.1 Å². The van der Waals surface area contributed by atoms with Crippen LogP contribution in [0.3, 0.4) is 0 Å². The Balaban J connectivity index is 1.74. The van der Waals surface area contributed by atoms with Gasteiger partial charge in [-0.1, -0.05) is 47.5 Å². The zero-order valence-corrected chi connectivity index (χ0v) is 20.2. The number of carbonyl (C=O) groups is 3. The number of aryl methyl sites for hydroxylation is 1. The quantitative estimate of drug-likeness (QED) is 0.513. The van der Waals surface area contributed by atoms with Crippen molar-refractivity contribution in [3.05, 3.63) is 88.4 Å². The molecule has 0 aromatic heterocycles. The summed E-state index contributed by atoms with van der Waals surface area (Å²) < 4.78 is 5.60. The smallest absolute Gasteiger partial charge is 0.250 e. The number of nitrogens with two attached hydrogens (primary N) is 1. The first kappa shape index (κ1) is 24.3. The number of ether oxygens (including phenoxy) is 1. The van der Waals surface area contributed by atoms with Crippen LogP contribution in [0.15, 0.2) is 66.7 Å². The highest BCUT2D eigenvalue weighted by atomic mass is 35.5. The Labute approximate surface area is 208 Å². The maximum Gasteiger partial charge on any atom is 0.250 e. The van der Waals surface area contributed by atoms with Gasteiger partial charge >= 0.3 is 0 Å². The fourth-order valence-electron chi connectivity index (χ4n) is 4.47. The third kappa shape index (κ3) is 5.00. The number of nitrogens with zero attached hydrogens (tertiary/aromatic N) is 1. The minimum Gasteiger partial charge on any atom is -0.496 e. The molecule has 3 amide bonds. The Bertz CT molecular complexity index is 1280. The Morgan fingerprint density at radius 2 is 1.80 bits per heavy atom. The first-order chi connectivity index (χ1) is 16.8. The molecule has 0 saturated carbocycles. The molecule has 1 fully saturated rings. The highest BCUT2D eigenvalue weighted by Gasteiger charge is 2.42. The second-order valence-corrected chi connectivity index (χ2v) is 8.89. The second-order valence-electron chi connectivity index (χ2n) is 8.48. The van der Waals surface area contributed by atoms with Crippen LogP contribution in [0.2, 0.25) is 5.02 Å². The lowest BCUT2D eigenvalue weighted by Gasteiger charge is -2.41. The predicted molar refractivity (Wildman–Crippen MR) is 136 cm³/mol. The highest BCUT2D eigenvalue weighted by molar-refractivity contribution is 6.34. The molecule has 8 heteroatoms. The molecular weight excluding hydrogens is 466 g/mol. The van der Waals surface area contributed by atoms with Crippen molar-refractivity contribution < 1.29 is 19.1 Å². The van der Waals surface area contributed by atoms with Gasteiger partial charge < -0.3 is 20.7 Å². The lowest BCUT2D eigenvalue weighted by atomic mass is 9.82. The fraction of sp³-hybridized carbons (Fsp3) is 0.222. The second kappa shape index (κ2) is 10.2. The number of piperidine rings is 1. The van der Waals surface area contributed by atoms with Crippen LogP contribution in [0.5, 0.6) is 5.75 Å². The summed E-state index contributed by atoms with van der Waals surface area (Å²) in [5, 5.41) is 3.05. The summed E-state index contributed by atoms with van der Waals surface area (Å²) in [6, 6.07) is 19.0. The summed E-state index contributed by atoms with van der Waals surface area (Å²) in [7, 11) is 1.57. The van der Waals surface area contributed by atoms with Crippen molar-refractivity contribution in [1.29, 1.82) is 0 Å². The number of halogens is 1. The number of para-hydroxylation sites is 1. The van der Waals surface area contributed by atoms with Gasteiger partial charge in [0.15, 0.2) is 0 Å². The number of hydrogen-bond acceptors (Lipinski definition) is 4. The van der Waals surface area contributed by atoms with Gasteiger partial charge in [-0.2, -0.15) is 0 Å². The van der Waals surface area contributed by atoms with Crippen LogP contribution >= 0.6 is 11.6 Å². The van der Waals surface area contributed by atoms with Crippen molar-refractivity contribution in [1.82, 2.24) is 0 Å². The van der Waals surface area contributed by atoms with Crippen molar-refractivity contribution in [3.8, 4) is 5.75 Å². The van der Waals surface area contributed by atoms with Gasteiger partial charge in [0.25, 0.3) is 0 Å². The minimum atomic E-state index is -0.649. The molecule has 35 heavy (non-hydrogen) atoms. The minimum absolute atomic E-state index is 0.0670. The van der Waals surface area contributed by atoms with E-state index in [1.807, 2.05) is 55.5 Å². The van der Waals surface area contributed by atoms with Crippen molar-refractivity contribution in [3.63, 3.8) is 0 Å². The SMILES string of the molecule is COc1ccccc1C1C(C(=O)Nc2ccc(C(N)=O)c(Cl)c2)CCC(=O)N1c1ccc(C)cc1. The summed E-state index contributed by atoms with van der Waals surface area (Å²) >= 11 is 6.17. The van der Waals surface area contributed by atoms with E-state index in [0.717, 1.165) is 11.1 Å². The summed E-state index contributed by atoms with van der Waals surface area (Å²) in [5.74, 6) is -0.962. The number of benzene rings is 3. The van der Waals surface area contributed by atoms with E-state index in [1.165, 1.54) is 12.1 Å². The average molecular weight is 492 g/mol. The maximum absolute atomic E-state index is 13.6. The summed E-state index contributed by atoms with van der Waals surface area (Å²) in [4.78, 5) is 40.0. The molecule has 1 aliphatic rings. The number of methoxy groups -OCH3 is 1. The van der Waals surface area contributed by atoms with Crippen molar-refractivity contribution in [2.45, 2.75) is 25.8 Å². The monoisotopic (exact) mass is 491 g/mol. The van der Waals surface area contributed by atoms with E-state index in [1.54, 1.807) is 18.1 Å². The third-order valence-electron chi connectivity index (χ3n) is 6.21. The van der Waals surface area contributed by atoms with Gasteiger partial charge in [-0.3, -0.25) is 14.4 Å². The van der Waals surface area contributed by atoms with Crippen molar-refractivity contribution in [2.75, 3.05) is 17.3 Å². The Morgan fingerprint density at radius 3 is 2.46 bits per heavy atom. The molecule has 2 atom stereocenters. The number of rotatable bonds is 6. The fourth-order valence-corrected chi connectivity index (χ4v) is 4.74. The van der Waals surface area contributed by atoms with E-state index in [-0.39, 0.29) is 28.8 Å². The van der Waals surface area contributed by atoms with E-state index >= 15 is 0 Å². The van der Waals surface area contributed by atoms with E-state index in [0.29, 0.717) is 23.5 Å². The van der Waals surface area contributed by atoms with Gasteiger partial charge in [-0.15, -0.1) is 0 Å². The predicted octanol–water partition coefficient (Wildman–Crippen LogP) is 4.88. The van der Waals surface area contributed by atoms with Crippen LogP contribution in [-0.4, -0.2) is 24.8 Å². The normalized spacial score (nSPS) is 17.7. The van der Waals surface area contributed by atoms with E-state index < -0.39 is 17.9 Å². The average Bonchev–Trinajstić information content (AvgIpc) is 2.84. The molecule has 0 aliphatic carbocycles. The van der Waals surface area contributed by atoms with Crippen molar-refractivity contribution in [2.24, 2.45) is 11.7 Å². The lowest BCUT2D eigenvalue weighted by molar-refractivity contribution is -0.126. The molecule has 180 valence electrons. The van der Waals surface area contributed by atoms with Gasteiger partial charge in [-0.25, -0.2) is 0 Å². The topological polar surface area (TPSA) is 102 Å². The van der Waals surface area contributed by atoms with Gasteiger partial charge in [0, 0.05) is 23.4 Å². The van der Waals surface area contributed by atoms with Gasteiger partial charge in [0.05, 0.1) is 29.7 Å². The molecule has 1 heterocycles. The van der Waals surface area contributed by atoms with Crippen LogP contribution in [0, 0.1) is 12.8 Å². The molecule has 0 bridgehead atoms. The summed E-state index contributed by atoms with van der Waals surface area (Å²) in [6.07, 6.45) is 0.585. The zero-order valence-electron chi connectivity index (χ0n) is 19.5. The number of hydrogen-bond donors (Lipinski definition) is 2. The molecule has 0 spiro atoms. The van der Waals surface area contributed by atoms with Crippen LogP contribution in [0.4, 0.5) is 11.4 Å². The molecule has 3 N–H and O–H groups in total. The Kier molecular flexibility index (Phi) is 7.07. The molecule has 4 rings (SSSR count). The van der Waals surface area contributed by atoms with Gasteiger partial charge in [0.2, 0.25) is 17.7 Å².